The predicted octanol–water partition coefficient (Wildman–Crippen LogP) is 3.50. The molecule has 2 unspecified atom stereocenters. The highest BCUT2D eigenvalue weighted by molar-refractivity contribution is 5.88. The maximum absolute atomic E-state index is 11.4. The molecule has 0 aliphatic heterocycles. The summed E-state index contributed by atoms with van der Waals surface area (Å²) >= 11 is 0. The number of aromatic carboxylic acids is 1. The third kappa shape index (κ3) is 3.93. The van der Waals surface area contributed by atoms with Crippen LogP contribution in [0.1, 0.15) is 69.2 Å². The van der Waals surface area contributed by atoms with Gasteiger partial charge in [0.25, 0.3) is 0 Å². The molecule has 1 aliphatic carbocycles. The van der Waals surface area contributed by atoms with Gasteiger partial charge in [0, 0.05) is 5.92 Å². The molecule has 5 heteroatoms. The Morgan fingerprint density at radius 3 is 2.43 bits per heavy atom. The van der Waals surface area contributed by atoms with Gasteiger partial charge in [0.1, 0.15) is 5.82 Å². The standard InChI is InChI=1S/C16H24N2O3/c1-9(2)15-17-8-13(14(18-15)16(19)20)21-12-6-10(3)5-11(4)7-12/h8-12H,5-7H2,1-4H3,(H,19,20). The van der Waals surface area contributed by atoms with Crippen molar-refractivity contribution in [3.05, 3.63) is 17.7 Å². The molecule has 0 radical (unpaired) electrons. The van der Waals surface area contributed by atoms with E-state index in [1.807, 2.05) is 13.8 Å². The summed E-state index contributed by atoms with van der Waals surface area (Å²) in [4.78, 5) is 19.8. The van der Waals surface area contributed by atoms with E-state index in [1.165, 1.54) is 12.6 Å². The van der Waals surface area contributed by atoms with E-state index in [2.05, 4.69) is 23.8 Å². The molecule has 1 aromatic heterocycles. The van der Waals surface area contributed by atoms with Gasteiger partial charge in [-0.25, -0.2) is 14.8 Å². The van der Waals surface area contributed by atoms with Gasteiger partial charge < -0.3 is 9.84 Å². The van der Waals surface area contributed by atoms with Gasteiger partial charge in [0.15, 0.2) is 11.4 Å². The Labute approximate surface area is 125 Å². The lowest BCUT2D eigenvalue weighted by Gasteiger charge is -2.31. The molecule has 1 aromatic rings. The van der Waals surface area contributed by atoms with Gasteiger partial charge in [-0.05, 0) is 31.1 Å². The van der Waals surface area contributed by atoms with E-state index in [9.17, 15) is 9.90 Å². The first-order valence-electron chi connectivity index (χ1n) is 7.63. The highest BCUT2D eigenvalue weighted by atomic mass is 16.5. The quantitative estimate of drug-likeness (QED) is 0.919. The molecule has 1 saturated carbocycles. The number of aromatic nitrogens is 2. The number of hydrogen-bond acceptors (Lipinski definition) is 4. The summed E-state index contributed by atoms with van der Waals surface area (Å²) in [6.07, 6.45) is 4.67. The zero-order valence-electron chi connectivity index (χ0n) is 13.2. The van der Waals surface area contributed by atoms with Crippen LogP contribution in [0.3, 0.4) is 0 Å². The molecule has 0 aromatic carbocycles. The maximum atomic E-state index is 11.4. The van der Waals surface area contributed by atoms with Crippen LogP contribution in [0.5, 0.6) is 5.75 Å². The second-order valence-electron chi connectivity index (χ2n) is 6.56. The fourth-order valence-corrected chi connectivity index (χ4v) is 3.05. The molecule has 1 fully saturated rings. The molecule has 0 spiro atoms. The first kappa shape index (κ1) is 15.7. The summed E-state index contributed by atoms with van der Waals surface area (Å²) in [5.74, 6) is 1.05. The fourth-order valence-electron chi connectivity index (χ4n) is 3.05. The monoisotopic (exact) mass is 292 g/mol. The summed E-state index contributed by atoms with van der Waals surface area (Å²) in [7, 11) is 0. The van der Waals surface area contributed by atoms with Crippen LogP contribution >= 0.6 is 0 Å². The van der Waals surface area contributed by atoms with Crippen LogP contribution in [0.2, 0.25) is 0 Å². The number of rotatable bonds is 4. The van der Waals surface area contributed by atoms with E-state index in [0.717, 1.165) is 12.8 Å². The van der Waals surface area contributed by atoms with Crippen LogP contribution < -0.4 is 4.74 Å². The van der Waals surface area contributed by atoms with Crippen molar-refractivity contribution in [2.24, 2.45) is 11.8 Å². The normalized spacial score (nSPS) is 25.9. The molecule has 1 heterocycles. The average Bonchev–Trinajstić information content (AvgIpc) is 2.37. The molecule has 2 atom stereocenters. The third-order valence-electron chi connectivity index (χ3n) is 3.92. The van der Waals surface area contributed by atoms with Crippen molar-refractivity contribution in [1.29, 1.82) is 0 Å². The van der Waals surface area contributed by atoms with Crippen molar-refractivity contribution < 1.29 is 14.6 Å². The SMILES string of the molecule is CC1CC(C)CC(Oc2cnc(C(C)C)nc2C(=O)O)C1. The van der Waals surface area contributed by atoms with Crippen molar-refractivity contribution >= 4 is 5.97 Å². The van der Waals surface area contributed by atoms with Gasteiger partial charge in [-0.3, -0.25) is 0 Å². The van der Waals surface area contributed by atoms with Crippen LogP contribution in [0.15, 0.2) is 6.20 Å². The number of carboxylic acid groups (broad SMARTS) is 1. The van der Waals surface area contributed by atoms with Crippen molar-refractivity contribution in [3.63, 3.8) is 0 Å². The maximum Gasteiger partial charge on any atom is 0.358 e. The average molecular weight is 292 g/mol. The lowest BCUT2D eigenvalue weighted by atomic mass is 9.82. The van der Waals surface area contributed by atoms with Gasteiger partial charge in [-0.15, -0.1) is 0 Å². The van der Waals surface area contributed by atoms with Gasteiger partial charge in [-0.2, -0.15) is 0 Å². The lowest BCUT2D eigenvalue weighted by Crippen LogP contribution is -2.29. The minimum Gasteiger partial charge on any atom is -0.486 e. The summed E-state index contributed by atoms with van der Waals surface area (Å²) in [6.45, 7) is 8.29. The first-order chi connectivity index (χ1) is 9.86. The van der Waals surface area contributed by atoms with E-state index < -0.39 is 5.97 Å². The van der Waals surface area contributed by atoms with Crippen LogP contribution in [-0.2, 0) is 0 Å². The summed E-state index contributed by atoms with van der Waals surface area (Å²) < 4.78 is 5.92. The molecule has 0 bridgehead atoms. The Hall–Kier alpha value is -1.65. The molecular formula is C16H24N2O3. The number of ether oxygens (including phenoxy) is 1. The van der Waals surface area contributed by atoms with E-state index in [-0.39, 0.29) is 17.7 Å². The number of carboxylic acids is 1. The molecule has 0 saturated heterocycles. The van der Waals surface area contributed by atoms with Crippen molar-refractivity contribution in [2.75, 3.05) is 0 Å². The summed E-state index contributed by atoms with van der Waals surface area (Å²) in [5.41, 5.74) is -0.0282. The van der Waals surface area contributed by atoms with Crippen molar-refractivity contribution in [2.45, 2.75) is 59.0 Å². The van der Waals surface area contributed by atoms with Gasteiger partial charge in [0.05, 0.1) is 12.3 Å². The first-order valence-corrected chi connectivity index (χ1v) is 7.63. The molecule has 1 N–H and O–H groups in total. The Morgan fingerprint density at radius 1 is 1.29 bits per heavy atom. The minimum atomic E-state index is -1.06. The summed E-state index contributed by atoms with van der Waals surface area (Å²) in [5, 5.41) is 9.34. The molecule has 116 valence electrons. The van der Waals surface area contributed by atoms with Crippen LogP contribution in [0.4, 0.5) is 0 Å². The number of carbonyl (C=O) groups is 1. The topological polar surface area (TPSA) is 72.3 Å². The predicted molar refractivity (Wildman–Crippen MR) is 79.7 cm³/mol. The smallest absolute Gasteiger partial charge is 0.358 e. The Balaban J connectivity index is 2.21. The second-order valence-corrected chi connectivity index (χ2v) is 6.56. The zero-order valence-corrected chi connectivity index (χ0v) is 13.2. The van der Waals surface area contributed by atoms with E-state index in [1.54, 1.807) is 0 Å². The molecule has 1 aliphatic rings. The third-order valence-corrected chi connectivity index (χ3v) is 3.92. The molecule has 2 rings (SSSR count). The minimum absolute atomic E-state index is 0.0282. The molecule has 5 nitrogen and oxygen atoms in total. The summed E-state index contributed by atoms with van der Waals surface area (Å²) in [6, 6.07) is 0. The number of hydrogen-bond donors (Lipinski definition) is 1. The van der Waals surface area contributed by atoms with Crippen LogP contribution in [-0.4, -0.2) is 27.1 Å². The highest BCUT2D eigenvalue weighted by Crippen LogP contribution is 2.32. The Morgan fingerprint density at radius 2 is 1.90 bits per heavy atom. The van der Waals surface area contributed by atoms with E-state index in [0.29, 0.717) is 23.4 Å². The van der Waals surface area contributed by atoms with Crippen LogP contribution in [0, 0.1) is 11.8 Å². The Kier molecular flexibility index (Phi) is 4.80. The van der Waals surface area contributed by atoms with Crippen molar-refractivity contribution in [1.82, 2.24) is 9.97 Å². The largest absolute Gasteiger partial charge is 0.486 e. The second kappa shape index (κ2) is 6.41. The van der Waals surface area contributed by atoms with Crippen molar-refractivity contribution in [3.8, 4) is 5.75 Å². The number of nitrogens with zero attached hydrogens (tertiary/aromatic N) is 2. The van der Waals surface area contributed by atoms with Gasteiger partial charge >= 0.3 is 5.97 Å². The van der Waals surface area contributed by atoms with E-state index >= 15 is 0 Å². The van der Waals surface area contributed by atoms with Crippen LogP contribution in [0.25, 0.3) is 0 Å². The van der Waals surface area contributed by atoms with Gasteiger partial charge in [-0.1, -0.05) is 27.7 Å². The van der Waals surface area contributed by atoms with Gasteiger partial charge in [0.2, 0.25) is 0 Å². The van der Waals surface area contributed by atoms with E-state index in [4.69, 9.17) is 4.74 Å². The molecule has 0 amide bonds. The lowest BCUT2D eigenvalue weighted by molar-refractivity contribution is 0.0666. The molecule has 21 heavy (non-hydrogen) atoms. The molecular weight excluding hydrogens is 268 g/mol. The Bertz CT molecular complexity index is 506. The zero-order chi connectivity index (χ0) is 15.6. The fraction of sp³-hybridized carbons (Fsp3) is 0.688. The highest BCUT2D eigenvalue weighted by Gasteiger charge is 2.27.